The number of aromatic carboxylic acids is 1. The molecule has 2 unspecified atom stereocenters. The van der Waals surface area contributed by atoms with Gasteiger partial charge < -0.3 is 24.2 Å². The predicted octanol–water partition coefficient (Wildman–Crippen LogP) is 1.16. The Balaban J connectivity index is 1.84. The second-order valence-electron chi connectivity index (χ2n) is 5.12. The zero-order chi connectivity index (χ0) is 15.5. The van der Waals surface area contributed by atoms with E-state index in [1.807, 2.05) is 0 Å². The molecule has 7 nitrogen and oxygen atoms in total. The first-order chi connectivity index (χ1) is 10.7. The highest BCUT2D eigenvalue weighted by molar-refractivity contribution is 6.05. The van der Waals surface area contributed by atoms with Gasteiger partial charge in [-0.2, -0.15) is 0 Å². The first-order valence-electron chi connectivity index (χ1n) is 7.01. The van der Waals surface area contributed by atoms with E-state index in [1.165, 1.54) is 0 Å². The lowest BCUT2D eigenvalue weighted by molar-refractivity contribution is 0.0558. The Kier molecular flexibility index (Phi) is 4.26. The van der Waals surface area contributed by atoms with Crippen LogP contribution < -0.4 is 4.74 Å². The van der Waals surface area contributed by atoms with Crippen molar-refractivity contribution in [2.75, 3.05) is 33.5 Å². The number of carbonyl (C=O) groups is 1. The lowest BCUT2D eigenvalue weighted by Gasteiger charge is -2.12. The standard InChI is InChI=1S/C15H17NO6/c1-19-4-5-21-12-3-2-9(6-10(12)15(17)18)14-11-7-20-8-13(11)22-16-14/h2-3,6,11,13H,4-5,7-8H2,1H3,(H,17,18). The van der Waals surface area contributed by atoms with Gasteiger partial charge in [-0.25, -0.2) is 4.79 Å². The molecule has 1 N–H and O–H groups in total. The molecule has 1 aromatic rings. The van der Waals surface area contributed by atoms with E-state index >= 15 is 0 Å². The SMILES string of the molecule is COCCOc1ccc(C2=NOC3COCC23)cc1C(=O)O. The fourth-order valence-corrected chi connectivity index (χ4v) is 2.57. The van der Waals surface area contributed by atoms with E-state index in [9.17, 15) is 9.90 Å². The first kappa shape index (κ1) is 14.8. The number of benzene rings is 1. The summed E-state index contributed by atoms with van der Waals surface area (Å²) >= 11 is 0. The highest BCUT2D eigenvalue weighted by Gasteiger charge is 2.40. The zero-order valence-corrected chi connectivity index (χ0v) is 12.2. The number of carboxylic acids is 1. The molecule has 0 aliphatic carbocycles. The third kappa shape index (κ3) is 2.77. The Morgan fingerprint density at radius 1 is 1.41 bits per heavy atom. The van der Waals surface area contributed by atoms with Gasteiger partial charge in [0.25, 0.3) is 0 Å². The Bertz CT molecular complexity index is 600. The van der Waals surface area contributed by atoms with Crippen LogP contribution in [-0.2, 0) is 14.3 Å². The number of methoxy groups -OCH3 is 1. The van der Waals surface area contributed by atoms with Crippen molar-refractivity contribution in [1.29, 1.82) is 0 Å². The summed E-state index contributed by atoms with van der Waals surface area (Å²) in [6, 6.07) is 4.99. The molecule has 2 aliphatic heterocycles. The number of nitrogens with zero attached hydrogens (tertiary/aromatic N) is 1. The van der Waals surface area contributed by atoms with Crippen LogP contribution in [0.3, 0.4) is 0 Å². The Morgan fingerprint density at radius 3 is 3.05 bits per heavy atom. The van der Waals surface area contributed by atoms with Crippen molar-refractivity contribution in [2.45, 2.75) is 6.10 Å². The van der Waals surface area contributed by atoms with Crippen LogP contribution in [-0.4, -0.2) is 56.4 Å². The van der Waals surface area contributed by atoms with Crippen molar-refractivity contribution in [1.82, 2.24) is 0 Å². The summed E-state index contributed by atoms with van der Waals surface area (Å²) in [7, 11) is 1.56. The third-order valence-corrected chi connectivity index (χ3v) is 3.72. The quantitative estimate of drug-likeness (QED) is 0.794. The van der Waals surface area contributed by atoms with Gasteiger partial charge in [0, 0.05) is 12.7 Å². The number of fused-ring (bicyclic) bond motifs is 1. The van der Waals surface area contributed by atoms with Gasteiger partial charge in [0.2, 0.25) is 0 Å². The molecule has 0 aromatic heterocycles. The summed E-state index contributed by atoms with van der Waals surface area (Å²) < 4.78 is 15.7. The molecule has 0 saturated carbocycles. The van der Waals surface area contributed by atoms with E-state index in [0.29, 0.717) is 32.2 Å². The molecule has 1 saturated heterocycles. The molecular weight excluding hydrogens is 290 g/mol. The Morgan fingerprint density at radius 2 is 2.27 bits per heavy atom. The molecule has 0 bridgehead atoms. The van der Waals surface area contributed by atoms with Crippen LogP contribution in [0.4, 0.5) is 0 Å². The first-order valence-corrected chi connectivity index (χ1v) is 7.01. The minimum atomic E-state index is -1.05. The van der Waals surface area contributed by atoms with Crippen LogP contribution in [0, 0.1) is 5.92 Å². The summed E-state index contributed by atoms with van der Waals surface area (Å²) in [5.41, 5.74) is 1.54. The molecule has 22 heavy (non-hydrogen) atoms. The second kappa shape index (κ2) is 6.33. The van der Waals surface area contributed by atoms with E-state index in [1.54, 1.807) is 25.3 Å². The van der Waals surface area contributed by atoms with Crippen molar-refractivity contribution >= 4 is 11.7 Å². The van der Waals surface area contributed by atoms with Crippen molar-refractivity contribution in [3.63, 3.8) is 0 Å². The molecule has 7 heteroatoms. The molecule has 0 amide bonds. The summed E-state index contributed by atoms with van der Waals surface area (Å²) in [5, 5.41) is 13.4. The molecule has 0 spiro atoms. The number of hydrogen-bond acceptors (Lipinski definition) is 6. The average molecular weight is 307 g/mol. The molecule has 1 aromatic carbocycles. The van der Waals surface area contributed by atoms with Crippen LogP contribution in [0.5, 0.6) is 5.75 Å². The lowest BCUT2D eigenvalue weighted by Crippen LogP contribution is -2.22. The number of carboxylic acid groups (broad SMARTS) is 1. The van der Waals surface area contributed by atoms with Crippen molar-refractivity contribution in [2.24, 2.45) is 11.1 Å². The molecular formula is C15H17NO6. The largest absolute Gasteiger partial charge is 0.490 e. The Labute approximate surface area is 127 Å². The maximum Gasteiger partial charge on any atom is 0.339 e. The van der Waals surface area contributed by atoms with Crippen LogP contribution in [0.25, 0.3) is 0 Å². The van der Waals surface area contributed by atoms with Gasteiger partial charge in [-0.3, -0.25) is 0 Å². The van der Waals surface area contributed by atoms with Gasteiger partial charge in [0.1, 0.15) is 17.9 Å². The smallest absolute Gasteiger partial charge is 0.339 e. The van der Waals surface area contributed by atoms with Gasteiger partial charge in [-0.05, 0) is 18.2 Å². The van der Waals surface area contributed by atoms with E-state index in [0.717, 1.165) is 11.3 Å². The normalized spacial score (nSPS) is 22.9. The highest BCUT2D eigenvalue weighted by atomic mass is 16.7. The van der Waals surface area contributed by atoms with E-state index < -0.39 is 5.97 Å². The Hall–Kier alpha value is -2.12. The van der Waals surface area contributed by atoms with Crippen LogP contribution >= 0.6 is 0 Å². The number of hydrogen-bond donors (Lipinski definition) is 1. The second-order valence-corrected chi connectivity index (χ2v) is 5.12. The molecule has 118 valence electrons. The average Bonchev–Trinajstić information content (AvgIpc) is 3.10. The molecule has 3 rings (SSSR count). The summed E-state index contributed by atoms with van der Waals surface area (Å²) in [5.74, 6) is -0.679. The highest BCUT2D eigenvalue weighted by Crippen LogP contribution is 2.30. The number of oxime groups is 1. The van der Waals surface area contributed by atoms with Crippen LogP contribution in [0.15, 0.2) is 23.4 Å². The fraction of sp³-hybridized carbons (Fsp3) is 0.467. The van der Waals surface area contributed by atoms with Crippen molar-refractivity contribution in [3.05, 3.63) is 29.3 Å². The zero-order valence-electron chi connectivity index (χ0n) is 12.2. The van der Waals surface area contributed by atoms with Crippen molar-refractivity contribution < 1.29 is 28.9 Å². The molecule has 1 fully saturated rings. The van der Waals surface area contributed by atoms with E-state index in [-0.39, 0.29) is 17.6 Å². The maximum atomic E-state index is 11.4. The summed E-state index contributed by atoms with van der Waals surface area (Å²) in [6.45, 7) is 1.74. The van der Waals surface area contributed by atoms with Gasteiger partial charge in [-0.1, -0.05) is 5.16 Å². The summed E-state index contributed by atoms with van der Waals surface area (Å²) in [4.78, 5) is 16.8. The fourth-order valence-electron chi connectivity index (χ4n) is 2.57. The topological polar surface area (TPSA) is 86.6 Å². The minimum Gasteiger partial charge on any atom is -0.490 e. The van der Waals surface area contributed by atoms with Crippen LogP contribution in [0.2, 0.25) is 0 Å². The third-order valence-electron chi connectivity index (χ3n) is 3.72. The van der Waals surface area contributed by atoms with Gasteiger partial charge in [0.05, 0.1) is 31.5 Å². The maximum absolute atomic E-state index is 11.4. The summed E-state index contributed by atoms with van der Waals surface area (Å²) in [6.07, 6.45) is -0.0686. The number of rotatable bonds is 6. The van der Waals surface area contributed by atoms with Gasteiger partial charge in [0.15, 0.2) is 6.10 Å². The number of ether oxygens (including phenoxy) is 3. The molecule has 0 radical (unpaired) electrons. The van der Waals surface area contributed by atoms with Crippen LogP contribution in [0.1, 0.15) is 15.9 Å². The van der Waals surface area contributed by atoms with Crippen molar-refractivity contribution in [3.8, 4) is 5.75 Å². The van der Waals surface area contributed by atoms with E-state index in [4.69, 9.17) is 19.0 Å². The predicted molar refractivity (Wildman–Crippen MR) is 76.5 cm³/mol. The lowest BCUT2D eigenvalue weighted by atomic mass is 9.94. The molecule has 2 aliphatic rings. The minimum absolute atomic E-state index is 0.0573. The monoisotopic (exact) mass is 307 g/mol. The van der Waals surface area contributed by atoms with E-state index in [2.05, 4.69) is 5.16 Å². The van der Waals surface area contributed by atoms with Gasteiger partial charge >= 0.3 is 5.97 Å². The van der Waals surface area contributed by atoms with Gasteiger partial charge in [-0.15, -0.1) is 0 Å². The molecule has 2 atom stereocenters. The molecule has 2 heterocycles.